The van der Waals surface area contributed by atoms with Crippen LogP contribution in [0.15, 0.2) is 110 Å². The molecular formula is C85H110F2N20O18S2. The number of hydrogen-bond acceptors (Lipinski definition) is 22. The van der Waals surface area contributed by atoms with Crippen molar-refractivity contribution in [3.63, 3.8) is 0 Å². The van der Waals surface area contributed by atoms with Crippen LogP contribution in [0.3, 0.4) is 0 Å². The van der Waals surface area contributed by atoms with Crippen molar-refractivity contribution in [2.24, 2.45) is 17.2 Å². The number of aliphatic carboxylic acids is 1. The number of H-pyrrole nitrogens is 3. The van der Waals surface area contributed by atoms with Gasteiger partial charge in [-0.15, -0.1) is 0 Å². The van der Waals surface area contributed by atoms with Crippen molar-refractivity contribution >= 4 is 134 Å². The smallest absolute Gasteiger partial charge is 0.305 e. The number of halogens is 2. The Labute approximate surface area is 738 Å². The monoisotopic (exact) mass is 1800 g/mol. The van der Waals surface area contributed by atoms with Crippen molar-refractivity contribution in [3.05, 3.63) is 155 Å². The number of aromatic nitrogens is 4. The Morgan fingerprint density at radius 3 is 1.80 bits per heavy atom. The maximum Gasteiger partial charge on any atom is 0.305 e. The second-order valence-corrected chi connectivity index (χ2v) is 33.2. The summed E-state index contributed by atoms with van der Waals surface area (Å²) < 4.78 is 30.3. The number of aliphatic hydroxyl groups is 1. The summed E-state index contributed by atoms with van der Waals surface area (Å²) in [4.78, 5) is 231. The molecule has 14 amide bonds. The molecule has 0 aliphatic carbocycles. The fraction of sp³-hybridized carbons (Fsp3) is 0.459. The molecule has 2 aliphatic heterocycles. The second-order valence-electron chi connectivity index (χ2n) is 31.2. The number of rotatable bonds is 29. The van der Waals surface area contributed by atoms with E-state index in [-0.39, 0.29) is 127 Å². The number of carboxylic acids is 1. The Morgan fingerprint density at radius 2 is 1.21 bits per heavy atom. The highest BCUT2D eigenvalue weighted by Crippen LogP contribution is 2.27. The molecule has 0 saturated carbocycles. The van der Waals surface area contributed by atoms with Crippen LogP contribution in [0.2, 0.25) is 0 Å². The highest BCUT2D eigenvalue weighted by Gasteiger charge is 2.42. The second kappa shape index (κ2) is 48.2. The van der Waals surface area contributed by atoms with Gasteiger partial charge >= 0.3 is 5.97 Å². The van der Waals surface area contributed by atoms with E-state index in [4.69, 9.17) is 17.2 Å². The number of nitrogens with two attached hydrogens (primary N) is 3. The van der Waals surface area contributed by atoms with E-state index in [1.807, 2.05) is 6.07 Å². The van der Waals surface area contributed by atoms with E-state index >= 15 is 32.8 Å². The van der Waals surface area contributed by atoms with Crippen molar-refractivity contribution in [3.8, 4) is 5.75 Å². The Bertz CT molecular complexity index is 5040. The lowest BCUT2D eigenvalue weighted by atomic mass is 10.0. The van der Waals surface area contributed by atoms with Crippen LogP contribution < -0.4 is 75.7 Å². The zero-order valence-corrected chi connectivity index (χ0v) is 72.0. The molecule has 3 aromatic heterocycles. The summed E-state index contributed by atoms with van der Waals surface area (Å²) in [5, 5.41) is 60.5. The number of imidazole rings is 1. The van der Waals surface area contributed by atoms with Crippen LogP contribution in [0.4, 0.5) is 8.78 Å². The van der Waals surface area contributed by atoms with E-state index in [0.717, 1.165) is 40.4 Å². The van der Waals surface area contributed by atoms with Gasteiger partial charge in [0.05, 0.1) is 31.6 Å². The van der Waals surface area contributed by atoms with Gasteiger partial charge in [0.25, 0.3) is 0 Å². The minimum atomic E-state index is -2.12. The number of hydrogen-bond donors (Lipinski definition) is 20. The van der Waals surface area contributed by atoms with Crippen LogP contribution in [0.25, 0.3) is 21.8 Å². The average molecular weight is 1800 g/mol. The van der Waals surface area contributed by atoms with Gasteiger partial charge in [-0.25, -0.2) is 13.8 Å². The molecule has 9 rings (SSSR count). The Hall–Kier alpha value is -12.5. The number of carbonyl (C=O) groups is 15. The number of thioether (sulfide) groups is 2. The van der Waals surface area contributed by atoms with Crippen LogP contribution in [0.1, 0.15) is 118 Å². The molecule has 42 heteroatoms. The number of aromatic hydroxyl groups is 1. The number of nitrogens with zero attached hydrogens (tertiary/aromatic N) is 3. The summed E-state index contributed by atoms with van der Waals surface area (Å²) in [5.41, 5.74) is 20.9. The number of aliphatic hydroxyl groups excluding tert-OH is 1. The number of phenolic OH excluding ortho intramolecular Hbond substituents is 1. The van der Waals surface area contributed by atoms with Gasteiger partial charge < -0.3 is 116 Å². The first kappa shape index (κ1) is 98.3. The SMILES string of the molecule is CCC[C@H](NC(C)=O)C(=O)N(C)[C@@H](CO)C(=O)N[C@@H](CCCCN)C(=O)N[C@H]1CSCc2cccc(c2)CSC[C@@H](C(N)=O)NC(=O)[C@@H]2CCCN2C(=O)[C@H](Cc2ccc(O)cc2)NC(=O)[C@H](Cc2c[nH]cn2)NC(=O)[C@H](CC(=O)O)NC(=O)[C@H](Cc2c[nH]c3ccc(F)cc23)NC(=O)[C@H](Cc2c[nH]c3ccc(F)cc23)NC(=O)CNC(=O)[C@H](CCCCN)NC1=O. The lowest BCUT2D eigenvalue weighted by molar-refractivity contribution is -0.144. The number of carboxylic acid groups (broad SMARTS) is 1. The number of amides is 14. The fourth-order valence-electron chi connectivity index (χ4n) is 14.9. The highest BCUT2D eigenvalue weighted by molar-refractivity contribution is 7.98. The van der Waals surface area contributed by atoms with Crippen molar-refractivity contribution in [2.75, 3.05) is 51.3 Å². The first-order valence-corrected chi connectivity index (χ1v) is 44.0. The first-order valence-electron chi connectivity index (χ1n) is 41.7. The topological polar surface area (TPSA) is 594 Å². The quantitative estimate of drug-likeness (QED) is 0.0266. The summed E-state index contributed by atoms with van der Waals surface area (Å²) in [6, 6.07) is 1.37. The maximum absolute atomic E-state index is 15.4. The number of aromatic amines is 3. The number of fused-ring (bicyclic) bond motifs is 5. The predicted molar refractivity (Wildman–Crippen MR) is 465 cm³/mol. The highest BCUT2D eigenvalue weighted by atomic mass is 32.2. The molecule has 38 nitrogen and oxygen atoms in total. The number of likely N-dealkylation sites (N-methyl/N-ethyl adjacent to an activating group) is 1. The number of primary amides is 1. The van der Waals surface area contributed by atoms with E-state index in [1.165, 1.54) is 98.0 Å². The van der Waals surface area contributed by atoms with Gasteiger partial charge in [0, 0.05) is 110 Å². The first-order chi connectivity index (χ1) is 60.8. The van der Waals surface area contributed by atoms with E-state index in [2.05, 4.69) is 78.4 Å². The van der Waals surface area contributed by atoms with Crippen molar-refractivity contribution < 1.29 is 96.0 Å². The molecule has 1 fully saturated rings. The van der Waals surface area contributed by atoms with Crippen molar-refractivity contribution in [1.82, 2.24) is 88.2 Å². The lowest BCUT2D eigenvalue weighted by Gasteiger charge is -2.31. The summed E-state index contributed by atoms with van der Waals surface area (Å²) in [6.07, 6.45) is 4.40. The van der Waals surface area contributed by atoms with Gasteiger partial charge in [0.15, 0.2) is 0 Å². The normalized spacial score (nSPS) is 21.1. The largest absolute Gasteiger partial charge is 0.508 e. The number of benzene rings is 4. The molecule has 684 valence electrons. The lowest BCUT2D eigenvalue weighted by Crippen LogP contribution is -2.61. The molecule has 127 heavy (non-hydrogen) atoms. The fourth-order valence-corrected chi connectivity index (χ4v) is 16.9. The number of phenols is 1. The minimum absolute atomic E-state index is 0.0286. The third-order valence-electron chi connectivity index (χ3n) is 21.6. The van der Waals surface area contributed by atoms with Crippen LogP contribution >= 0.6 is 23.5 Å². The van der Waals surface area contributed by atoms with Gasteiger partial charge in [-0.3, -0.25) is 71.9 Å². The molecule has 2 aliphatic rings. The van der Waals surface area contributed by atoms with E-state index < -0.39 is 212 Å². The molecule has 5 heterocycles. The van der Waals surface area contributed by atoms with E-state index in [1.54, 1.807) is 25.1 Å². The van der Waals surface area contributed by atoms with Gasteiger partial charge in [-0.05, 0) is 147 Å². The zero-order chi connectivity index (χ0) is 92.0. The Balaban J connectivity index is 1.09. The van der Waals surface area contributed by atoms with E-state index in [0.29, 0.717) is 41.4 Å². The van der Waals surface area contributed by atoms with Gasteiger partial charge in [-0.2, -0.15) is 23.5 Å². The molecule has 0 unspecified atom stereocenters. The molecule has 23 N–H and O–H groups in total. The van der Waals surface area contributed by atoms with Gasteiger partial charge in [0.2, 0.25) is 82.7 Å². The molecule has 12 atom stereocenters. The number of carbonyl (C=O) groups excluding carboxylic acids is 14. The summed E-state index contributed by atoms with van der Waals surface area (Å²) in [7, 11) is 1.25. The third kappa shape index (κ3) is 29.0. The van der Waals surface area contributed by atoms with Gasteiger partial charge in [-0.1, -0.05) is 49.7 Å². The number of unbranched alkanes of at least 4 members (excludes halogenated alkanes) is 2. The zero-order valence-electron chi connectivity index (χ0n) is 70.4. The molecule has 0 spiro atoms. The van der Waals surface area contributed by atoms with Crippen LogP contribution in [0, 0.1) is 11.6 Å². The van der Waals surface area contributed by atoms with Gasteiger partial charge in [0.1, 0.15) is 89.9 Å². The molecular weight excluding hydrogens is 1690 g/mol. The minimum Gasteiger partial charge on any atom is -0.508 e. The van der Waals surface area contributed by atoms with Crippen LogP contribution in [-0.4, -0.2) is 258 Å². The van der Waals surface area contributed by atoms with Crippen molar-refractivity contribution in [2.45, 2.75) is 194 Å². The summed E-state index contributed by atoms with van der Waals surface area (Å²) >= 11 is 2.38. The third-order valence-corrected chi connectivity index (χ3v) is 23.8. The molecule has 2 bridgehead atoms. The Kier molecular flexibility index (Phi) is 37.3. The molecule has 7 aromatic rings. The number of nitrogens with one attached hydrogen (secondary N) is 14. The van der Waals surface area contributed by atoms with Crippen LogP contribution in [0.5, 0.6) is 5.75 Å². The average Bonchev–Trinajstić information content (AvgIpc) is 1.71. The summed E-state index contributed by atoms with van der Waals surface area (Å²) in [6.45, 7) is 1.41. The Morgan fingerprint density at radius 1 is 0.630 bits per heavy atom. The maximum atomic E-state index is 15.4. The molecule has 4 aromatic carbocycles. The molecule has 1 saturated heterocycles. The standard InChI is InChI=1S/C85H110F2N20O18S2/c1-4-11-62(96-46(2)109)84(124)106(3)71(40-108)83(123)99-61(15-6-8-26-89)76(116)105-69-44-127-42-49-13-9-12-48(28-49)41-126-43-68(74(90)114)104-82(122)70-16-10-27-107(70)85(125)67(29-47-17-21-55(110)22-18-47)103-79(119)65(34-54-38-91-45-95-54)101-80(120)66(35-73(112)113)102-78(118)64(31-51-37-93-59-24-20-53(87)33-57(51)59)100-77(117)63(30-50-36-92-58-23-19-52(86)32-56(50)58)97-72(111)39-94-75(115)60(98-81(69)121)14-5-7-25-88/h9,12-13,17-24,28,32-33,36-38,45,60-71,92-93,108,110H,4-8,10-11,14-16,25-27,29-31,34-35,39-44,88-89H2,1-3H3,(H2,90,114)(H,91,95)(H,94,115)(H,96,109)(H,97,111)(H,98,121)(H,99,123)(H,100,117)(H,101,120)(H,102,118)(H,103,119)(H,104,122)(H,105,116)(H,112,113)/t60-,61-,62-,63-,64-,65-,66-,67-,68-,69-,70-,71-/m0/s1. The summed E-state index contributed by atoms with van der Waals surface area (Å²) in [5.74, 6) is -16.5. The van der Waals surface area contributed by atoms with Crippen molar-refractivity contribution in [1.29, 1.82) is 0 Å². The molecule has 0 radical (unpaired) electrons. The van der Waals surface area contributed by atoms with E-state index in [9.17, 15) is 63.3 Å². The predicted octanol–water partition coefficient (Wildman–Crippen LogP) is -0.381. The van der Waals surface area contributed by atoms with Crippen LogP contribution in [-0.2, 0) is 109 Å².